The highest BCUT2D eigenvalue weighted by Gasteiger charge is 2.48. The van der Waals surface area contributed by atoms with Crippen molar-refractivity contribution >= 4 is 39.4 Å². The number of likely N-dealkylation sites (N-methyl/N-ethyl adjacent to an activating group) is 1. The molecule has 2 heterocycles. The van der Waals surface area contributed by atoms with Gasteiger partial charge in [0.25, 0.3) is 0 Å². The Morgan fingerprint density at radius 2 is 1.96 bits per heavy atom. The fraction of sp³-hybridized carbons (Fsp3) is 0.639. The average Bonchev–Trinajstić information content (AvgIpc) is 3.09. The molecule has 2 saturated heterocycles. The van der Waals surface area contributed by atoms with Crippen molar-refractivity contribution in [3.63, 3.8) is 0 Å². The smallest absolute Gasteiger partial charge is 0.411 e. The molecule has 2 fully saturated rings. The summed E-state index contributed by atoms with van der Waals surface area (Å²) in [6, 6.07) is -0.350. The third-order valence-electron chi connectivity index (χ3n) is 8.72. The molecule has 0 aromatic carbocycles. The highest BCUT2D eigenvalue weighted by atomic mass is 33.1. The lowest BCUT2D eigenvalue weighted by atomic mass is 9.75. The zero-order valence-corrected chi connectivity index (χ0v) is 31.8. The van der Waals surface area contributed by atoms with Crippen LogP contribution in [0, 0.1) is 23.7 Å². The summed E-state index contributed by atoms with van der Waals surface area (Å²) < 4.78 is 35.7. The Balaban J connectivity index is 1.72. The molecule has 1 amide bonds. The van der Waals surface area contributed by atoms with E-state index >= 15 is 0 Å². The van der Waals surface area contributed by atoms with Crippen molar-refractivity contribution in [1.29, 1.82) is 0 Å². The minimum Gasteiger partial charge on any atom is -0.480 e. The second-order valence-corrected chi connectivity index (χ2v) is 15.8. The number of hydrogen-bond acceptors (Lipinski definition) is 14. The molecule has 2 bridgehead atoms. The van der Waals surface area contributed by atoms with E-state index in [0.717, 1.165) is 7.11 Å². The number of nitrogens with one attached hydrogen (secondary N) is 1. The van der Waals surface area contributed by atoms with Crippen LogP contribution in [0.5, 0.6) is 0 Å². The summed E-state index contributed by atoms with van der Waals surface area (Å²) in [5.41, 5.74) is -1.83. The minimum absolute atomic E-state index is 0.0701. The largest absolute Gasteiger partial charge is 0.480 e. The number of fused-ring (bicyclic) bond motifs is 2. The number of carboxylic acid groups (broad SMARTS) is 1. The van der Waals surface area contributed by atoms with E-state index in [0.29, 0.717) is 17.5 Å². The first kappa shape index (κ1) is 41.9. The fourth-order valence-electron chi connectivity index (χ4n) is 6.36. The normalized spacial score (nSPS) is 33.2. The number of amides is 1. The Hall–Kier alpha value is -2.87. The molecule has 0 saturated carbocycles. The number of carbonyl (C=O) groups is 3. The minimum atomic E-state index is -1.95. The van der Waals surface area contributed by atoms with Gasteiger partial charge in [-0.05, 0) is 25.6 Å². The maximum atomic E-state index is 13.7. The van der Waals surface area contributed by atoms with E-state index in [1.807, 2.05) is 6.92 Å². The van der Waals surface area contributed by atoms with E-state index in [9.17, 15) is 29.7 Å². The van der Waals surface area contributed by atoms with Crippen molar-refractivity contribution in [2.75, 3.05) is 39.7 Å². The standard InChI is InChI=1S/C36H48N2O12S2/c1-7-38(19-29(41)42)24-20-47-30(17-28(24)45-5)50-33-25(39)16-22(4)48-34(33)49-27-12-10-8-9-11-14-36(44)18-26(40)32(37-35(43)46-6)31(27)23(36)13-15-51-52-21(2)3/h8-9,13,21-22,24-25,27-28,30,33-34,39,44H,7,15-20H2,1-6H3,(H,37,43)(H,41,42)/b9-8-,23-13+/t22-,24+,25+,27+,28+,30+,33-,34+,36+/m1/s1. The maximum Gasteiger partial charge on any atom is 0.411 e. The number of Topliss-reactive ketones (excluding diaryl/α,β-unsaturated/α-hetero) is 1. The van der Waals surface area contributed by atoms with Crippen molar-refractivity contribution < 1.29 is 58.1 Å². The molecule has 0 unspecified atom stereocenters. The Labute approximate surface area is 312 Å². The van der Waals surface area contributed by atoms with Gasteiger partial charge < -0.3 is 43.7 Å². The molecule has 0 aromatic rings. The van der Waals surface area contributed by atoms with Crippen LogP contribution in [0.3, 0.4) is 0 Å². The van der Waals surface area contributed by atoms with Crippen LogP contribution >= 0.6 is 21.6 Å². The van der Waals surface area contributed by atoms with Crippen molar-refractivity contribution in [2.45, 2.75) is 107 Å². The Morgan fingerprint density at radius 1 is 1.21 bits per heavy atom. The molecular formula is C36H48N2O12S2. The number of ether oxygens (including phenoxy) is 6. The second-order valence-electron chi connectivity index (χ2n) is 12.8. The molecule has 4 N–H and O–H groups in total. The molecule has 14 nitrogen and oxygen atoms in total. The zero-order chi connectivity index (χ0) is 38.0. The molecule has 2 aliphatic carbocycles. The van der Waals surface area contributed by atoms with Gasteiger partial charge in [-0.3, -0.25) is 19.8 Å². The van der Waals surface area contributed by atoms with Crippen LogP contribution in [-0.4, -0.2) is 138 Å². The number of rotatable bonds is 14. The van der Waals surface area contributed by atoms with E-state index in [2.05, 4.69) is 42.8 Å². The molecule has 286 valence electrons. The summed E-state index contributed by atoms with van der Waals surface area (Å²) in [7, 11) is 5.86. The number of aliphatic hydroxyl groups is 2. The summed E-state index contributed by atoms with van der Waals surface area (Å²) in [4.78, 5) is 39.5. The van der Waals surface area contributed by atoms with Crippen LogP contribution < -0.4 is 5.32 Å². The van der Waals surface area contributed by atoms with Crippen LogP contribution in [0.4, 0.5) is 4.79 Å². The molecule has 0 spiro atoms. The lowest BCUT2D eigenvalue weighted by Crippen LogP contribution is -2.57. The predicted octanol–water partition coefficient (Wildman–Crippen LogP) is 2.40. The first-order chi connectivity index (χ1) is 24.8. The number of ketones is 1. The highest BCUT2D eigenvalue weighted by molar-refractivity contribution is 8.77. The molecule has 0 aromatic heterocycles. The number of carbonyl (C=O) groups excluding carboxylic acids is 2. The lowest BCUT2D eigenvalue weighted by molar-refractivity contribution is -0.321. The van der Waals surface area contributed by atoms with Gasteiger partial charge in [-0.1, -0.05) is 72.1 Å². The summed E-state index contributed by atoms with van der Waals surface area (Å²) >= 11 is 0. The number of carboxylic acids is 1. The summed E-state index contributed by atoms with van der Waals surface area (Å²) in [6.07, 6.45) is -2.88. The number of methoxy groups -OCH3 is 2. The van der Waals surface area contributed by atoms with Crippen LogP contribution in [-0.2, 0) is 38.0 Å². The third kappa shape index (κ3) is 10.9. The van der Waals surface area contributed by atoms with Gasteiger partial charge in [-0.2, -0.15) is 0 Å². The van der Waals surface area contributed by atoms with Crippen molar-refractivity contribution in [2.24, 2.45) is 0 Å². The molecule has 9 atom stereocenters. The second kappa shape index (κ2) is 19.5. The number of alkyl carbamates (subject to hydrolysis) is 1. The van der Waals surface area contributed by atoms with E-state index in [1.54, 1.807) is 28.7 Å². The van der Waals surface area contributed by atoms with Crippen LogP contribution in [0.2, 0.25) is 0 Å². The monoisotopic (exact) mass is 764 g/mol. The number of hydrogen-bond donors (Lipinski definition) is 4. The van der Waals surface area contributed by atoms with E-state index < -0.39 is 73.0 Å². The summed E-state index contributed by atoms with van der Waals surface area (Å²) in [5.74, 6) is 10.2. The number of allylic oxidation sites excluding steroid dienone is 3. The molecule has 4 aliphatic rings. The predicted molar refractivity (Wildman–Crippen MR) is 194 cm³/mol. The summed E-state index contributed by atoms with van der Waals surface area (Å²) in [5, 5.41) is 35.6. The van der Waals surface area contributed by atoms with Gasteiger partial charge in [0.15, 0.2) is 24.0 Å². The highest BCUT2D eigenvalue weighted by Crippen LogP contribution is 2.40. The molecule has 52 heavy (non-hydrogen) atoms. The Bertz CT molecular complexity index is 1530. The fourth-order valence-corrected chi connectivity index (χ4v) is 8.20. The van der Waals surface area contributed by atoms with E-state index in [1.165, 1.54) is 30.1 Å². The molecule has 4 rings (SSSR count). The van der Waals surface area contributed by atoms with Gasteiger partial charge in [0.05, 0.1) is 56.7 Å². The quantitative estimate of drug-likeness (QED) is 0.115. The number of aliphatic hydroxyl groups excluding tert-OH is 1. The maximum absolute atomic E-state index is 13.7. The zero-order valence-electron chi connectivity index (χ0n) is 30.2. The van der Waals surface area contributed by atoms with Gasteiger partial charge in [0.2, 0.25) is 0 Å². The lowest BCUT2D eigenvalue weighted by Gasteiger charge is -2.44. The van der Waals surface area contributed by atoms with Gasteiger partial charge in [0.1, 0.15) is 12.2 Å². The number of aliphatic carboxylic acids is 1. The van der Waals surface area contributed by atoms with Crippen LogP contribution in [0.1, 0.15) is 47.0 Å². The third-order valence-corrected chi connectivity index (χ3v) is 11.5. The molecule has 16 heteroatoms. The van der Waals surface area contributed by atoms with Gasteiger partial charge in [-0.25, -0.2) is 4.79 Å². The van der Waals surface area contributed by atoms with Crippen LogP contribution in [0.25, 0.3) is 0 Å². The topological polar surface area (TPSA) is 183 Å². The van der Waals surface area contributed by atoms with Crippen molar-refractivity contribution in [3.05, 3.63) is 35.1 Å². The van der Waals surface area contributed by atoms with E-state index in [4.69, 9.17) is 28.4 Å². The van der Waals surface area contributed by atoms with Crippen molar-refractivity contribution in [3.8, 4) is 23.7 Å². The first-order valence-corrected chi connectivity index (χ1v) is 19.5. The molecule has 2 aliphatic heterocycles. The molecular weight excluding hydrogens is 717 g/mol. The Kier molecular flexibility index (Phi) is 15.7. The first-order valence-electron chi connectivity index (χ1n) is 17.1. The van der Waals surface area contributed by atoms with E-state index in [-0.39, 0.29) is 48.9 Å². The Morgan fingerprint density at radius 3 is 2.63 bits per heavy atom. The van der Waals surface area contributed by atoms with Crippen molar-refractivity contribution in [1.82, 2.24) is 10.2 Å². The van der Waals surface area contributed by atoms with Gasteiger partial charge >= 0.3 is 12.1 Å². The van der Waals surface area contributed by atoms with Crippen LogP contribution in [0.15, 0.2) is 35.1 Å². The summed E-state index contributed by atoms with van der Waals surface area (Å²) in [6.45, 7) is 8.10. The SMILES string of the molecule is CCN(CC(=O)O)[C@H]1CO[C@@H](O[C@H]2[C@H](O[C@H]3C#C/C=C\C#C[C@]4(O)CC(=O)C(NC(=O)OC)=C3/C4=C\CSSC(C)C)O[C@H](C)C[C@@H]2O)C[C@@H]1OC. The number of nitrogens with zero attached hydrogens (tertiary/aromatic N) is 1. The average molecular weight is 765 g/mol. The van der Waals surface area contributed by atoms with Gasteiger partial charge in [-0.15, -0.1) is 0 Å². The molecule has 0 radical (unpaired) electrons. The van der Waals surface area contributed by atoms with Gasteiger partial charge in [0, 0.05) is 42.1 Å².